The SMILES string of the molecule is [2H]C(=O)c1cc(F)cc2c1O[C@H](C(F)(F)F)C(C(=O)OC)=C2. The first kappa shape index (κ1) is 13.6. The molecule has 0 spiro atoms. The fraction of sp³-hybridized carbons (Fsp3) is 0.231. The first-order valence-corrected chi connectivity index (χ1v) is 5.53. The van der Waals surface area contributed by atoms with E-state index in [1.54, 1.807) is 0 Å². The van der Waals surface area contributed by atoms with Gasteiger partial charge in [-0.25, -0.2) is 9.18 Å². The molecule has 2 rings (SSSR count). The monoisotopic (exact) mass is 305 g/mol. The number of rotatable bonds is 2. The van der Waals surface area contributed by atoms with E-state index in [1.807, 2.05) is 0 Å². The average molecular weight is 305 g/mol. The predicted octanol–water partition coefficient (Wildman–Crippen LogP) is 2.52. The molecule has 1 atom stereocenters. The lowest BCUT2D eigenvalue weighted by Gasteiger charge is -2.28. The summed E-state index contributed by atoms with van der Waals surface area (Å²) >= 11 is 0. The van der Waals surface area contributed by atoms with E-state index in [2.05, 4.69) is 9.47 Å². The van der Waals surface area contributed by atoms with Gasteiger partial charge in [0, 0.05) is 5.56 Å². The minimum absolute atomic E-state index is 0.253. The molecule has 112 valence electrons. The molecule has 0 aliphatic carbocycles. The van der Waals surface area contributed by atoms with Gasteiger partial charge in [0.2, 0.25) is 6.10 Å². The van der Waals surface area contributed by atoms with Crippen LogP contribution in [0.3, 0.4) is 0 Å². The topological polar surface area (TPSA) is 52.6 Å². The lowest BCUT2D eigenvalue weighted by Crippen LogP contribution is -2.40. The summed E-state index contributed by atoms with van der Waals surface area (Å²) in [5, 5.41) is 0. The van der Waals surface area contributed by atoms with Crippen molar-refractivity contribution in [3.05, 3.63) is 34.6 Å². The number of alkyl halides is 3. The lowest BCUT2D eigenvalue weighted by atomic mass is 9.99. The number of hydrogen-bond donors (Lipinski definition) is 0. The number of halogens is 4. The number of benzene rings is 1. The van der Waals surface area contributed by atoms with Crippen LogP contribution in [0.5, 0.6) is 5.75 Å². The maximum Gasteiger partial charge on any atom is 0.430 e. The second kappa shape index (κ2) is 5.19. The molecule has 8 heteroatoms. The van der Waals surface area contributed by atoms with Gasteiger partial charge in [0.15, 0.2) is 6.26 Å². The van der Waals surface area contributed by atoms with E-state index < -0.39 is 47.2 Å². The van der Waals surface area contributed by atoms with Crippen molar-refractivity contribution in [2.45, 2.75) is 12.3 Å². The summed E-state index contributed by atoms with van der Waals surface area (Å²) in [7, 11) is 0.885. The number of carbonyl (C=O) groups excluding carboxylic acids is 2. The van der Waals surface area contributed by atoms with E-state index in [0.717, 1.165) is 19.3 Å². The third-order valence-electron chi connectivity index (χ3n) is 2.74. The molecule has 0 saturated heterocycles. The van der Waals surface area contributed by atoms with Crippen molar-refractivity contribution in [1.29, 1.82) is 0 Å². The van der Waals surface area contributed by atoms with Crippen LogP contribution in [0.25, 0.3) is 6.08 Å². The van der Waals surface area contributed by atoms with Gasteiger partial charge in [-0.3, -0.25) is 4.79 Å². The maximum atomic E-state index is 13.4. The highest BCUT2D eigenvalue weighted by Gasteiger charge is 2.49. The van der Waals surface area contributed by atoms with E-state index in [1.165, 1.54) is 0 Å². The molecule has 0 saturated carbocycles. The van der Waals surface area contributed by atoms with Crippen LogP contribution in [0.1, 0.15) is 17.3 Å². The molecule has 1 aliphatic heterocycles. The average Bonchev–Trinajstić information content (AvgIpc) is 2.42. The van der Waals surface area contributed by atoms with E-state index in [-0.39, 0.29) is 5.56 Å². The first-order valence-electron chi connectivity index (χ1n) is 6.03. The number of ether oxygens (including phenoxy) is 2. The molecule has 0 N–H and O–H groups in total. The summed E-state index contributed by atoms with van der Waals surface area (Å²) in [6.07, 6.45) is -8.31. The van der Waals surface area contributed by atoms with Crippen molar-refractivity contribution in [1.82, 2.24) is 0 Å². The second-order valence-electron chi connectivity index (χ2n) is 4.10. The summed E-state index contributed by atoms with van der Waals surface area (Å²) in [5.74, 6) is -2.85. The molecular weight excluding hydrogens is 296 g/mol. The molecule has 1 aromatic carbocycles. The van der Waals surface area contributed by atoms with Crippen LogP contribution < -0.4 is 4.74 Å². The van der Waals surface area contributed by atoms with E-state index in [4.69, 9.17) is 1.37 Å². The van der Waals surface area contributed by atoms with Crippen LogP contribution in [0.2, 0.25) is 0 Å². The van der Waals surface area contributed by atoms with E-state index in [9.17, 15) is 27.2 Å². The van der Waals surface area contributed by atoms with Crippen molar-refractivity contribution >= 4 is 18.3 Å². The first-order chi connectivity index (χ1) is 10.1. The van der Waals surface area contributed by atoms with Crippen LogP contribution in [0.4, 0.5) is 17.6 Å². The number of fused-ring (bicyclic) bond motifs is 1. The van der Waals surface area contributed by atoms with Crippen molar-refractivity contribution in [3.8, 4) is 5.75 Å². The molecule has 0 unspecified atom stereocenters. The lowest BCUT2D eigenvalue weighted by molar-refractivity contribution is -0.187. The highest BCUT2D eigenvalue weighted by atomic mass is 19.4. The molecule has 0 fully saturated rings. The Labute approximate surface area is 117 Å². The third kappa shape index (κ3) is 2.74. The zero-order chi connectivity index (χ0) is 16.7. The quantitative estimate of drug-likeness (QED) is 0.478. The molecule has 1 aliphatic rings. The van der Waals surface area contributed by atoms with Crippen LogP contribution >= 0.6 is 0 Å². The summed E-state index contributed by atoms with van der Waals surface area (Å²) in [6.45, 7) is 0. The van der Waals surface area contributed by atoms with Gasteiger partial charge in [0.05, 0.1) is 18.2 Å². The normalized spacial score (nSPS) is 18.0. The van der Waals surface area contributed by atoms with Gasteiger partial charge in [-0.2, -0.15) is 13.2 Å². The summed E-state index contributed by atoms with van der Waals surface area (Å²) < 4.78 is 68.3. The fourth-order valence-corrected chi connectivity index (χ4v) is 1.88. The largest absolute Gasteiger partial charge is 0.474 e. The number of esters is 1. The van der Waals surface area contributed by atoms with Crippen molar-refractivity contribution in [2.24, 2.45) is 0 Å². The molecule has 1 aromatic rings. The standard InChI is InChI=1S/C13H8F4O4/c1-20-12(19)9-4-6-2-8(14)3-7(5-18)10(6)21-11(9)13(15,16)17/h2-5,11H,1H3/t11-/m0/s1/i5D. The minimum Gasteiger partial charge on any atom is -0.474 e. The molecule has 0 amide bonds. The number of aldehydes is 1. The minimum atomic E-state index is -4.96. The number of carbonyl (C=O) groups is 2. The third-order valence-corrected chi connectivity index (χ3v) is 2.74. The smallest absolute Gasteiger partial charge is 0.430 e. The predicted molar refractivity (Wildman–Crippen MR) is 62.3 cm³/mol. The highest BCUT2D eigenvalue weighted by Crippen LogP contribution is 2.39. The van der Waals surface area contributed by atoms with Crippen molar-refractivity contribution < 1.29 is 38.0 Å². The zero-order valence-electron chi connectivity index (χ0n) is 11.5. The Morgan fingerprint density at radius 1 is 1.48 bits per heavy atom. The molecule has 0 bridgehead atoms. The molecule has 21 heavy (non-hydrogen) atoms. The van der Waals surface area contributed by atoms with Gasteiger partial charge in [-0.1, -0.05) is 0 Å². The van der Waals surface area contributed by atoms with Gasteiger partial charge in [0.1, 0.15) is 12.9 Å². The van der Waals surface area contributed by atoms with Crippen LogP contribution in [0.15, 0.2) is 17.7 Å². The van der Waals surface area contributed by atoms with Gasteiger partial charge in [-0.15, -0.1) is 0 Å². The Bertz CT molecular complexity index is 681. The molecule has 1 heterocycles. The summed E-state index contributed by atoms with van der Waals surface area (Å²) in [5.41, 5.74) is -1.79. The molecular formula is C13H8F4O4. The fourth-order valence-electron chi connectivity index (χ4n) is 1.88. The van der Waals surface area contributed by atoms with Crippen molar-refractivity contribution in [2.75, 3.05) is 7.11 Å². The van der Waals surface area contributed by atoms with E-state index in [0.29, 0.717) is 6.07 Å². The van der Waals surface area contributed by atoms with Gasteiger partial charge in [-0.05, 0) is 18.2 Å². The maximum absolute atomic E-state index is 13.4. The Morgan fingerprint density at radius 3 is 2.67 bits per heavy atom. The molecule has 0 radical (unpaired) electrons. The van der Waals surface area contributed by atoms with Gasteiger partial charge in [0.25, 0.3) is 0 Å². The van der Waals surface area contributed by atoms with Crippen LogP contribution in [-0.2, 0) is 9.53 Å². The van der Waals surface area contributed by atoms with Crippen LogP contribution in [-0.4, -0.2) is 31.6 Å². The number of methoxy groups -OCH3 is 1. The Hall–Kier alpha value is -2.38. The summed E-state index contributed by atoms with van der Waals surface area (Å²) in [4.78, 5) is 22.6. The molecule has 4 nitrogen and oxygen atoms in total. The van der Waals surface area contributed by atoms with Gasteiger partial charge < -0.3 is 9.47 Å². The number of hydrogen-bond acceptors (Lipinski definition) is 4. The van der Waals surface area contributed by atoms with Gasteiger partial charge >= 0.3 is 12.1 Å². The Balaban J connectivity index is 2.68. The molecule has 0 aromatic heterocycles. The van der Waals surface area contributed by atoms with E-state index >= 15 is 0 Å². The summed E-state index contributed by atoms with van der Waals surface area (Å²) in [6, 6.07) is 1.38. The van der Waals surface area contributed by atoms with Crippen molar-refractivity contribution in [3.63, 3.8) is 0 Å². The second-order valence-corrected chi connectivity index (χ2v) is 4.10. The Morgan fingerprint density at radius 2 is 2.14 bits per heavy atom. The highest BCUT2D eigenvalue weighted by molar-refractivity contribution is 5.97. The Kier molecular flexibility index (Phi) is 3.36. The zero-order valence-corrected chi connectivity index (χ0v) is 10.5. The van der Waals surface area contributed by atoms with Crippen LogP contribution in [0, 0.1) is 5.82 Å².